The standard InChI is InChI=1S/C21H28N2O/c1-2-24-19-11-10-16-6-3-4-9-18(16)20(19)21(17-7-5-8-17)23-14-12-22-13-15-23/h3-4,6,9-11,17,21-22H,2,5,7-8,12-15H2,1H3/t21-/m0/s1. The molecule has 2 fully saturated rings. The largest absolute Gasteiger partial charge is 0.494 e. The minimum Gasteiger partial charge on any atom is -0.494 e. The lowest BCUT2D eigenvalue weighted by molar-refractivity contribution is 0.0824. The fourth-order valence-electron chi connectivity index (χ4n) is 4.29. The molecule has 3 heteroatoms. The van der Waals surface area contributed by atoms with E-state index in [9.17, 15) is 0 Å². The summed E-state index contributed by atoms with van der Waals surface area (Å²) in [4.78, 5) is 2.70. The fraction of sp³-hybridized carbons (Fsp3) is 0.524. The Hall–Kier alpha value is -1.58. The molecule has 0 unspecified atom stereocenters. The van der Waals surface area contributed by atoms with Crippen molar-refractivity contribution in [2.45, 2.75) is 32.2 Å². The lowest BCUT2D eigenvalue weighted by Crippen LogP contribution is -2.48. The highest BCUT2D eigenvalue weighted by Crippen LogP contribution is 2.46. The molecule has 1 saturated heterocycles. The number of nitrogens with zero attached hydrogens (tertiary/aromatic N) is 1. The maximum atomic E-state index is 6.09. The highest BCUT2D eigenvalue weighted by atomic mass is 16.5. The van der Waals surface area contributed by atoms with Crippen molar-refractivity contribution in [2.24, 2.45) is 5.92 Å². The molecule has 0 spiro atoms. The predicted octanol–water partition coefficient (Wildman–Crippen LogP) is 3.98. The van der Waals surface area contributed by atoms with Crippen LogP contribution in [0.15, 0.2) is 36.4 Å². The van der Waals surface area contributed by atoms with Crippen LogP contribution < -0.4 is 10.1 Å². The van der Waals surface area contributed by atoms with Crippen molar-refractivity contribution in [2.75, 3.05) is 32.8 Å². The molecule has 2 aromatic rings. The van der Waals surface area contributed by atoms with Gasteiger partial charge in [-0.25, -0.2) is 0 Å². The average Bonchev–Trinajstić information content (AvgIpc) is 2.59. The molecule has 1 saturated carbocycles. The van der Waals surface area contributed by atoms with Gasteiger partial charge in [0, 0.05) is 37.8 Å². The summed E-state index contributed by atoms with van der Waals surface area (Å²) in [6.45, 7) is 7.27. The molecule has 24 heavy (non-hydrogen) atoms. The Morgan fingerprint density at radius 2 is 1.92 bits per heavy atom. The normalized spacial score (nSPS) is 20.7. The third-order valence-electron chi connectivity index (χ3n) is 5.67. The summed E-state index contributed by atoms with van der Waals surface area (Å²) < 4.78 is 6.09. The maximum absolute atomic E-state index is 6.09. The van der Waals surface area contributed by atoms with Crippen molar-refractivity contribution in [1.82, 2.24) is 10.2 Å². The Balaban J connectivity index is 1.84. The van der Waals surface area contributed by atoms with E-state index in [1.165, 1.54) is 35.6 Å². The first-order valence-corrected chi connectivity index (χ1v) is 9.47. The van der Waals surface area contributed by atoms with Gasteiger partial charge in [-0.3, -0.25) is 4.90 Å². The predicted molar refractivity (Wildman–Crippen MR) is 99.6 cm³/mol. The quantitative estimate of drug-likeness (QED) is 0.900. The first kappa shape index (κ1) is 15.9. The van der Waals surface area contributed by atoms with Crippen LogP contribution in [0.25, 0.3) is 10.8 Å². The van der Waals surface area contributed by atoms with Gasteiger partial charge >= 0.3 is 0 Å². The van der Waals surface area contributed by atoms with Gasteiger partial charge in [-0.05, 0) is 42.5 Å². The number of piperazine rings is 1. The molecular weight excluding hydrogens is 296 g/mol. The molecule has 1 atom stereocenters. The summed E-state index contributed by atoms with van der Waals surface area (Å²) >= 11 is 0. The van der Waals surface area contributed by atoms with E-state index in [0.717, 1.165) is 44.5 Å². The summed E-state index contributed by atoms with van der Waals surface area (Å²) in [5.74, 6) is 1.86. The molecule has 128 valence electrons. The van der Waals surface area contributed by atoms with Crippen LogP contribution in [0, 0.1) is 5.92 Å². The first-order valence-electron chi connectivity index (χ1n) is 9.47. The third kappa shape index (κ3) is 2.91. The van der Waals surface area contributed by atoms with Crippen LogP contribution in [-0.4, -0.2) is 37.7 Å². The van der Waals surface area contributed by atoms with E-state index in [4.69, 9.17) is 4.74 Å². The van der Waals surface area contributed by atoms with Gasteiger partial charge < -0.3 is 10.1 Å². The van der Waals surface area contributed by atoms with E-state index >= 15 is 0 Å². The first-order chi connectivity index (χ1) is 11.9. The van der Waals surface area contributed by atoms with E-state index < -0.39 is 0 Å². The molecule has 3 nitrogen and oxygen atoms in total. The van der Waals surface area contributed by atoms with Crippen molar-refractivity contribution < 1.29 is 4.74 Å². The number of rotatable bonds is 5. The van der Waals surface area contributed by atoms with Gasteiger partial charge in [0.2, 0.25) is 0 Å². The molecule has 1 N–H and O–H groups in total. The van der Waals surface area contributed by atoms with E-state index in [1.54, 1.807) is 0 Å². The van der Waals surface area contributed by atoms with Gasteiger partial charge in [0.25, 0.3) is 0 Å². The Morgan fingerprint density at radius 3 is 2.62 bits per heavy atom. The van der Waals surface area contributed by atoms with E-state index in [0.29, 0.717) is 6.04 Å². The number of ether oxygens (including phenoxy) is 1. The van der Waals surface area contributed by atoms with E-state index in [-0.39, 0.29) is 0 Å². The summed E-state index contributed by atoms with van der Waals surface area (Å²) in [6, 6.07) is 13.7. The highest BCUT2D eigenvalue weighted by molar-refractivity contribution is 5.88. The van der Waals surface area contributed by atoms with Crippen molar-refractivity contribution >= 4 is 10.8 Å². The number of benzene rings is 2. The van der Waals surface area contributed by atoms with Gasteiger partial charge in [0.05, 0.1) is 6.61 Å². The summed E-state index contributed by atoms with van der Waals surface area (Å²) in [7, 11) is 0. The Morgan fingerprint density at radius 1 is 1.12 bits per heavy atom. The molecule has 0 bridgehead atoms. The monoisotopic (exact) mass is 324 g/mol. The fourth-order valence-corrected chi connectivity index (χ4v) is 4.29. The van der Waals surface area contributed by atoms with Gasteiger partial charge in [-0.2, -0.15) is 0 Å². The lowest BCUT2D eigenvalue weighted by Gasteiger charge is -2.44. The number of hydrogen-bond donors (Lipinski definition) is 1. The molecule has 1 aliphatic carbocycles. The Bertz CT molecular complexity index is 689. The summed E-state index contributed by atoms with van der Waals surface area (Å²) in [5.41, 5.74) is 1.43. The van der Waals surface area contributed by atoms with E-state index in [1.807, 2.05) is 0 Å². The van der Waals surface area contributed by atoms with Gasteiger partial charge in [0.1, 0.15) is 5.75 Å². The molecule has 0 radical (unpaired) electrons. The molecule has 2 aliphatic rings. The molecule has 1 aliphatic heterocycles. The molecule has 2 aromatic carbocycles. The minimum absolute atomic E-state index is 0.494. The van der Waals surface area contributed by atoms with Crippen molar-refractivity contribution in [3.63, 3.8) is 0 Å². The average molecular weight is 324 g/mol. The van der Waals surface area contributed by atoms with E-state index in [2.05, 4.69) is 53.5 Å². The molecular formula is C21H28N2O. The highest BCUT2D eigenvalue weighted by Gasteiger charge is 2.36. The third-order valence-corrected chi connectivity index (χ3v) is 5.67. The number of hydrogen-bond acceptors (Lipinski definition) is 3. The van der Waals surface area contributed by atoms with Gasteiger partial charge in [0.15, 0.2) is 0 Å². The van der Waals surface area contributed by atoms with Crippen LogP contribution in [0.3, 0.4) is 0 Å². The van der Waals surface area contributed by atoms with Crippen LogP contribution in [0.1, 0.15) is 37.8 Å². The van der Waals surface area contributed by atoms with Crippen LogP contribution in [0.2, 0.25) is 0 Å². The minimum atomic E-state index is 0.494. The second-order valence-corrected chi connectivity index (χ2v) is 7.05. The summed E-state index contributed by atoms with van der Waals surface area (Å²) in [5, 5.41) is 6.20. The smallest absolute Gasteiger partial charge is 0.124 e. The van der Waals surface area contributed by atoms with Crippen molar-refractivity contribution in [3.8, 4) is 5.75 Å². The SMILES string of the molecule is CCOc1ccc2ccccc2c1[C@H](C1CCC1)N1CCNCC1. The van der Waals surface area contributed by atoms with Crippen molar-refractivity contribution in [1.29, 1.82) is 0 Å². The maximum Gasteiger partial charge on any atom is 0.124 e. The second-order valence-electron chi connectivity index (χ2n) is 7.05. The molecule has 0 aromatic heterocycles. The molecule has 0 amide bonds. The summed E-state index contributed by atoms with van der Waals surface area (Å²) in [6.07, 6.45) is 4.08. The number of fused-ring (bicyclic) bond motifs is 1. The molecule has 1 heterocycles. The number of nitrogens with one attached hydrogen (secondary N) is 1. The van der Waals surface area contributed by atoms with Crippen LogP contribution in [0.4, 0.5) is 0 Å². The van der Waals surface area contributed by atoms with Crippen molar-refractivity contribution in [3.05, 3.63) is 42.0 Å². The van der Waals surface area contributed by atoms with Gasteiger partial charge in [-0.15, -0.1) is 0 Å². The zero-order valence-electron chi connectivity index (χ0n) is 14.6. The van der Waals surface area contributed by atoms with Crippen LogP contribution >= 0.6 is 0 Å². The lowest BCUT2D eigenvalue weighted by atomic mass is 9.75. The van der Waals surface area contributed by atoms with Gasteiger partial charge in [-0.1, -0.05) is 36.8 Å². The zero-order chi connectivity index (χ0) is 16.4. The van der Waals surface area contributed by atoms with Crippen LogP contribution in [-0.2, 0) is 0 Å². The second kappa shape index (κ2) is 7.12. The Labute approximate surface area is 145 Å². The molecule has 4 rings (SSSR count). The topological polar surface area (TPSA) is 24.5 Å². The zero-order valence-corrected chi connectivity index (χ0v) is 14.6. The van der Waals surface area contributed by atoms with Crippen LogP contribution in [0.5, 0.6) is 5.75 Å². The Kier molecular flexibility index (Phi) is 4.72.